The van der Waals surface area contributed by atoms with Gasteiger partial charge in [0.25, 0.3) is 0 Å². The Kier molecular flexibility index (Phi) is 4.53. The van der Waals surface area contributed by atoms with E-state index in [2.05, 4.69) is 4.98 Å². The predicted molar refractivity (Wildman–Crippen MR) is 79.8 cm³/mol. The SMILES string of the molecule is CN(C)c1ccc2cc(OC/C(=C/F)CN)ccc2n1. The van der Waals surface area contributed by atoms with Gasteiger partial charge in [-0.15, -0.1) is 0 Å². The van der Waals surface area contributed by atoms with Crippen LogP contribution < -0.4 is 15.4 Å². The average molecular weight is 275 g/mol. The normalized spacial score (nSPS) is 11.7. The van der Waals surface area contributed by atoms with E-state index in [1.807, 2.05) is 49.3 Å². The monoisotopic (exact) mass is 275 g/mol. The molecule has 5 heteroatoms. The second-order valence-electron chi connectivity index (χ2n) is 4.68. The Hall–Kier alpha value is -2.14. The van der Waals surface area contributed by atoms with Crippen LogP contribution in [0.1, 0.15) is 0 Å². The fourth-order valence-corrected chi connectivity index (χ4v) is 1.74. The standard InChI is InChI=1S/C15H18FN3O/c1-19(2)15-6-3-12-7-13(4-5-14(12)18-15)20-10-11(8-16)9-17/h3-8H,9-10,17H2,1-2H3/b11-8+. The summed E-state index contributed by atoms with van der Waals surface area (Å²) in [7, 11) is 3.90. The van der Waals surface area contributed by atoms with Gasteiger partial charge in [-0.25, -0.2) is 9.37 Å². The molecule has 1 aromatic carbocycles. The van der Waals surface area contributed by atoms with E-state index in [4.69, 9.17) is 10.5 Å². The molecule has 1 heterocycles. The van der Waals surface area contributed by atoms with E-state index >= 15 is 0 Å². The van der Waals surface area contributed by atoms with Crippen LogP contribution >= 0.6 is 0 Å². The molecule has 0 aliphatic rings. The van der Waals surface area contributed by atoms with Crippen molar-refractivity contribution in [3.8, 4) is 5.75 Å². The molecule has 0 bridgehead atoms. The highest BCUT2D eigenvalue weighted by molar-refractivity contribution is 5.81. The summed E-state index contributed by atoms with van der Waals surface area (Å²) in [5, 5.41) is 0.978. The maximum atomic E-state index is 12.4. The van der Waals surface area contributed by atoms with Crippen molar-refractivity contribution >= 4 is 16.7 Å². The Morgan fingerprint density at radius 1 is 1.35 bits per heavy atom. The van der Waals surface area contributed by atoms with E-state index in [1.54, 1.807) is 0 Å². The van der Waals surface area contributed by atoms with E-state index in [9.17, 15) is 4.39 Å². The first-order valence-corrected chi connectivity index (χ1v) is 6.33. The summed E-state index contributed by atoms with van der Waals surface area (Å²) in [6.45, 7) is 0.305. The largest absolute Gasteiger partial charge is 0.489 e. The van der Waals surface area contributed by atoms with Crippen LogP contribution in [0.25, 0.3) is 10.9 Å². The second kappa shape index (κ2) is 6.34. The molecule has 0 atom stereocenters. The first kappa shape index (κ1) is 14.3. The van der Waals surface area contributed by atoms with Gasteiger partial charge in [0.15, 0.2) is 0 Å². The van der Waals surface area contributed by atoms with Gasteiger partial charge in [-0.3, -0.25) is 0 Å². The van der Waals surface area contributed by atoms with Crippen molar-refractivity contribution in [3.05, 3.63) is 42.2 Å². The van der Waals surface area contributed by atoms with Crippen molar-refractivity contribution < 1.29 is 9.13 Å². The average Bonchev–Trinajstić information content (AvgIpc) is 2.47. The number of hydrogen-bond donors (Lipinski definition) is 1. The number of aromatic nitrogens is 1. The molecule has 4 nitrogen and oxygen atoms in total. The second-order valence-corrected chi connectivity index (χ2v) is 4.68. The summed E-state index contributed by atoms with van der Waals surface area (Å²) in [5.74, 6) is 1.57. The van der Waals surface area contributed by atoms with Gasteiger partial charge in [0.05, 0.1) is 11.8 Å². The summed E-state index contributed by atoms with van der Waals surface area (Å²) < 4.78 is 17.9. The predicted octanol–water partition coefficient (Wildman–Crippen LogP) is 2.49. The minimum Gasteiger partial charge on any atom is -0.489 e. The van der Waals surface area contributed by atoms with Gasteiger partial charge < -0.3 is 15.4 Å². The number of fused-ring (bicyclic) bond motifs is 1. The number of nitrogens with two attached hydrogens (primary N) is 1. The van der Waals surface area contributed by atoms with E-state index < -0.39 is 0 Å². The highest BCUT2D eigenvalue weighted by atomic mass is 19.1. The van der Waals surface area contributed by atoms with Crippen LogP contribution in [0.3, 0.4) is 0 Å². The lowest BCUT2D eigenvalue weighted by Crippen LogP contribution is -2.11. The number of benzene rings is 1. The van der Waals surface area contributed by atoms with Gasteiger partial charge in [0.1, 0.15) is 18.2 Å². The number of pyridine rings is 1. The smallest absolute Gasteiger partial charge is 0.128 e. The molecular weight excluding hydrogens is 257 g/mol. The summed E-state index contributed by atoms with van der Waals surface area (Å²) in [6, 6.07) is 9.52. The molecule has 0 radical (unpaired) electrons. The first-order chi connectivity index (χ1) is 9.63. The molecule has 0 fully saturated rings. The van der Waals surface area contributed by atoms with Crippen LogP contribution in [0.4, 0.5) is 10.2 Å². The maximum absolute atomic E-state index is 12.4. The summed E-state index contributed by atoms with van der Waals surface area (Å²) >= 11 is 0. The van der Waals surface area contributed by atoms with Crippen LogP contribution in [0.15, 0.2) is 42.2 Å². The van der Waals surface area contributed by atoms with Crippen LogP contribution in [-0.4, -0.2) is 32.2 Å². The van der Waals surface area contributed by atoms with Crippen LogP contribution in [-0.2, 0) is 0 Å². The van der Waals surface area contributed by atoms with Crippen molar-refractivity contribution in [3.63, 3.8) is 0 Å². The quantitative estimate of drug-likeness (QED) is 0.911. The van der Waals surface area contributed by atoms with E-state index in [0.29, 0.717) is 17.7 Å². The lowest BCUT2D eigenvalue weighted by atomic mass is 10.2. The molecule has 0 saturated heterocycles. The van der Waals surface area contributed by atoms with Crippen molar-refractivity contribution in [2.45, 2.75) is 0 Å². The molecule has 0 unspecified atom stereocenters. The third-order valence-electron chi connectivity index (χ3n) is 2.94. The number of rotatable bonds is 5. The Bertz CT molecular complexity index is 626. The van der Waals surface area contributed by atoms with E-state index in [0.717, 1.165) is 16.7 Å². The lowest BCUT2D eigenvalue weighted by molar-refractivity contribution is 0.348. The van der Waals surface area contributed by atoms with Gasteiger partial charge in [0.2, 0.25) is 0 Å². The van der Waals surface area contributed by atoms with Crippen molar-refractivity contribution in [1.29, 1.82) is 0 Å². The Morgan fingerprint density at radius 3 is 2.80 bits per heavy atom. The number of anilines is 1. The van der Waals surface area contributed by atoms with Gasteiger partial charge in [0, 0.05) is 31.6 Å². The minimum atomic E-state index is 0.151. The van der Waals surface area contributed by atoms with Crippen LogP contribution in [0.5, 0.6) is 5.75 Å². The topological polar surface area (TPSA) is 51.4 Å². The molecule has 0 amide bonds. The zero-order chi connectivity index (χ0) is 14.5. The molecule has 0 saturated carbocycles. The Morgan fingerprint density at radius 2 is 2.15 bits per heavy atom. The van der Waals surface area contributed by atoms with Gasteiger partial charge in [-0.1, -0.05) is 0 Å². The first-order valence-electron chi connectivity index (χ1n) is 6.33. The summed E-state index contributed by atoms with van der Waals surface area (Å²) in [5.41, 5.74) is 6.69. The molecule has 0 aliphatic carbocycles. The maximum Gasteiger partial charge on any atom is 0.128 e. The third kappa shape index (κ3) is 3.24. The number of halogens is 1. The molecule has 1 aromatic heterocycles. The number of ether oxygens (including phenoxy) is 1. The molecule has 0 aliphatic heterocycles. The molecule has 106 valence electrons. The molecule has 2 aromatic rings. The fourth-order valence-electron chi connectivity index (χ4n) is 1.74. The van der Waals surface area contributed by atoms with Crippen molar-refractivity contribution in [1.82, 2.24) is 4.98 Å². The third-order valence-corrected chi connectivity index (χ3v) is 2.94. The highest BCUT2D eigenvalue weighted by Crippen LogP contribution is 2.22. The zero-order valence-corrected chi connectivity index (χ0v) is 11.6. The Labute approximate surface area is 117 Å². The zero-order valence-electron chi connectivity index (χ0n) is 11.6. The lowest BCUT2D eigenvalue weighted by Gasteiger charge is -2.12. The molecule has 2 rings (SSSR count). The van der Waals surface area contributed by atoms with E-state index in [-0.39, 0.29) is 13.2 Å². The Balaban J connectivity index is 2.19. The molecule has 20 heavy (non-hydrogen) atoms. The molecule has 2 N–H and O–H groups in total. The van der Waals surface area contributed by atoms with Crippen LogP contribution in [0.2, 0.25) is 0 Å². The van der Waals surface area contributed by atoms with Crippen LogP contribution in [0, 0.1) is 0 Å². The minimum absolute atomic E-state index is 0.151. The van der Waals surface area contributed by atoms with Gasteiger partial charge in [-0.05, 0) is 30.3 Å². The van der Waals surface area contributed by atoms with Crippen molar-refractivity contribution in [2.75, 3.05) is 32.1 Å². The number of nitrogens with zero attached hydrogens (tertiary/aromatic N) is 2. The summed E-state index contributed by atoms with van der Waals surface area (Å²) in [6.07, 6.45) is 0.492. The van der Waals surface area contributed by atoms with Gasteiger partial charge >= 0.3 is 0 Å². The highest BCUT2D eigenvalue weighted by Gasteiger charge is 2.03. The molecular formula is C15H18FN3O. The molecule has 0 spiro atoms. The van der Waals surface area contributed by atoms with E-state index in [1.165, 1.54) is 0 Å². The number of hydrogen-bond acceptors (Lipinski definition) is 4. The van der Waals surface area contributed by atoms with Gasteiger partial charge in [-0.2, -0.15) is 0 Å². The fraction of sp³-hybridized carbons (Fsp3) is 0.267. The summed E-state index contributed by atoms with van der Waals surface area (Å²) in [4.78, 5) is 6.47. The van der Waals surface area contributed by atoms with Crippen molar-refractivity contribution in [2.24, 2.45) is 5.73 Å².